The van der Waals surface area contributed by atoms with Crippen molar-refractivity contribution in [1.29, 1.82) is 0 Å². The van der Waals surface area contributed by atoms with Crippen LogP contribution in [0.2, 0.25) is 0 Å². The van der Waals surface area contributed by atoms with Gasteiger partial charge >= 0.3 is 5.97 Å². The van der Waals surface area contributed by atoms with Crippen molar-refractivity contribution in [1.82, 2.24) is 0 Å². The Morgan fingerprint density at radius 3 is 2.29 bits per heavy atom. The Morgan fingerprint density at radius 2 is 1.76 bits per heavy atom. The summed E-state index contributed by atoms with van der Waals surface area (Å²) in [4.78, 5) is 22.1. The normalized spacial score (nSPS) is 10.0. The van der Waals surface area contributed by atoms with Crippen LogP contribution in [0.25, 0.3) is 11.1 Å². The number of methoxy groups -OCH3 is 2. The lowest BCUT2D eigenvalue weighted by Gasteiger charge is -2.09. The van der Waals surface area contributed by atoms with Gasteiger partial charge in [0.15, 0.2) is 0 Å². The van der Waals surface area contributed by atoms with E-state index >= 15 is 0 Å². The van der Waals surface area contributed by atoms with E-state index in [0.717, 1.165) is 5.56 Å². The van der Waals surface area contributed by atoms with Gasteiger partial charge in [-0.3, -0.25) is 10.1 Å². The molecular weight excluding hydrogens is 274 g/mol. The number of hydrogen-bond acceptors (Lipinski definition) is 5. The summed E-state index contributed by atoms with van der Waals surface area (Å²) in [5.74, 6) is 0.0600. The number of rotatable bonds is 4. The average molecular weight is 287 g/mol. The fraction of sp³-hybridized carbons (Fsp3) is 0.133. The van der Waals surface area contributed by atoms with Gasteiger partial charge in [-0.05, 0) is 29.3 Å². The second-order valence-electron chi connectivity index (χ2n) is 4.21. The van der Waals surface area contributed by atoms with Crippen molar-refractivity contribution in [3.8, 4) is 16.9 Å². The van der Waals surface area contributed by atoms with Crippen molar-refractivity contribution in [2.24, 2.45) is 0 Å². The highest BCUT2D eigenvalue weighted by Crippen LogP contribution is 2.29. The van der Waals surface area contributed by atoms with Crippen LogP contribution in [0.3, 0.4) is 0 Å². The molecule has 0 aliphatic rings. The molecule has 6 heteroatoms. The smallest absolute Gasteiger partial charge is 0.338 e. The molecule has 0 spiro atoms. The molecule has 0 aliphatic heterocycles. The quantitative estimate of drug-likeness (QED) is 0.490. The van der Waals surface area contributed by atoms with E-state index in [2.05, 4.69) is 0 Å². The summed E-state index contributed by atoms with van der Waals surface area (Å²) in [6.45, 7) is 0. The Kier molecular flexibility index (Phi) is 4.18. The third-order valence-corrected chi connectivity index (χ3v) is 3.02. The number of non-ortho nitro benzene ring substituents is 1. The number of nitro benzene ring substituents is 1. The topological polar surface area (TPSA) is 78.7 Å². The van der Waals surface area contributed by atoms with Gasteiger partial charge in [-0.25, -0.2) is 4.79 Å². The number of nitro groups is 1. The van der Waals surface area contributed by atoms with Gasteiger partial charge in [-0.1, -0.05) is 12.1 Å². The van der Waals surface area contributed by atoms with Crippen LogP contribution in [0.5, 0.6) is 5.75 Å². The first-order chi connectivity index (χ1) is 10.1. The molecular formula is C15H13NO5. The zero-order valence-corrected chi connectivity index (χ0v) is 11.5. The van der Waals surface area contributed by atoms with Gasteiger partial charge in [0.1, 0.15) is 5.75 Å². The maximum Gasteiger partial charge on any atom is 0.338 e. The van der Waals surface area contributed by atoms with E-state index in [9.17, 15) is 14.9 Å². The fourth-order valence-corrected chi connectivity index (χ4v) is 1.95. The van der Waals surface area contributed by atoms with Gasteiger partial charge < -0.3 is 9.47 Å². The monoisotopic (exact) mass is 287 g/mol. The van der Waals surface area contributed by atoms with Gasteiger partial charge in [0.25, 0.3) is 5.69 Å². The Bertz CT molecular complexity index is 679. The second-order valence-corrected chi connectivity index (χ2v) is 4.21. The molecule has 0 saturated carbocycles. The molecule has 0 fully saturated rings. The number of carbonyl (C=O) groups excluding carboxylic acids is 1. The summed E-state index contributed by atoms with van der Waals surface area (Å²) in [5.41, 5.74) is 1.30. The van der Waals surface area contributed by atoms with Crippen LogP contribution in [-0.4, -0.2) is 25.1 Å². The maximum absolute atomic E-state index is 11.8. The van der Waals surface area contributed by atoms with Gasteiger partial charge in [0.2, 0.25) is 0 Å². The third-order valence-electron chi connectivity index (χ3n) is 3.02. The molecule has 0 saturated heterocycles. The molecule has 2 aromatic carbocycles. The van der Waals surface area contributed by atoms with Gasteiger partial charge in [0.05, 0.1) is 24.7 Å². The highest BCUT2D eigenvalue weighted by Gasteiger charge is 2.18. The summed E-state index contributed by atoms with van der Waals surface area (Å²) in [6, 6.07) is 11.1. The summed E-state index contributed by atoms with van der Waals surface area (Å²) < 4.78 is 9.77. The number of hydrogen-bond donors (Lipinski definition) is 0. The van der Waals surface area contributed by atoms with Crippen LogP contribution in [-0.2, 0) is 4.74 Å². The molecule has 21 heavy (non-hydrogen) atoms. The lowest BCUT2D eigenvalue weighted by atomic mass is 9.99. The SMILES string of the molecule is COC(=O)c1cc([N+](=O)[O-])ccc1-c1ccc(OC)cc1. The Hall–Kier alpha value is -2.89. The minimum Gasteiger partial charge on any atom is -0.497 e. The van der Waals surface area contributed by atoms with Crippen molar-refractivity contribution in [3.05, 3.63) is 58.1 Å². The number of benzene rings is 2. The molecule has 0 amide bonds. The molecule has 0 aromatic heterocycles. The van der Waals surface area contributed by atoms with E-state index in [0.29, 0.717) is 11.3 Å². The third kappa shape index (κ3) is 3.00. The first-order valence-electron chi connectivity index (χ1n) is 6.08. The summed E-state index contributed by atoms with van der Waals surface area (Å²) in [7, 11) is 2.79. The van der Waals surface area contributed by atoms with Gasteiger partial charge in [-0.15, -0.1) is 0 Å². The van der Waals surface area contributed by atoms with Gasteiger partial charge in [0, 0.05) is 12.1 Å². The van der Waals surface area contributed by atoms with Crippen molar-refractivity contribution in [3.63, 3.8) is 0 Å². The van der Waals surface area contributed by atoms with Crippen molar-refractivity contribution < 1.29 is 19.2 Å². The Balaban J connectivity index is 2.55. The van der Waals surface area contributed by atoms with Crippen molar-refractivity contribution in [2.45, 2.75) is 0 Å². The summed E-state index contributed by atoms with van der Waals surface area (Å²) >= 11 is 0. The molecule has 108 valence electrons. The van der Waals surface area contributed by atoms with Crippen LogP contribution >= 0.6 is 0 Å². The Morgan fingerprint density at radius 1 is 1.10 bits per heavy atom. The van der Waals surface area contributed by atoms with Crippen LogP contribution in [0, 0.1) is 10.1 Å². The lowest BCUT2D eigenvalue weighted by molar-refractivity contribution is -0.384. The molecule has 6 nitrogen and oxygen atoms in total. The first kappa shape index (κ1) is 14.5. The fourth-order valence-electron chi connectivity index (χ4n) is 1.95. The van der Waals surface area contributed by atoms with Crippen molar-refractivity contribution in [2.75, 3.05) is 14.2 Å². The van der Waals surface area contributed by atoms with E-state index in [1.807, 2.05) is 0 Å². The van der Waals surface area contributed by atoms with E-state index in [1.165, 1.54) is 25.3 Å². The molecule has 2 rings (SSSR count). The minimum atomic E-state index is -0.621. The second kappa shape index (κ2) is 6.04. The predicted molar refractivity (Wildman–Crippen MR) is 76.4 cm³/mol. The largest absolute Gasteiger partial charge is 0.497 e. The summed E-state index contributed by atoms with van der Waals surface area (Å²) in [6.07, 6.45) is 0. The van der Waals surface area contributed by atoms with Crippen molar-refractivity contribution >= 4 is 11.7 Å². The molecule has 0 bridgehead atoms. The number of carbonyl (C=O) groups is 1. The predicted octanol–water partition coefficient (Wildman–Crippen LogP) is 3.06. The van der Waals surface area contributed by atoms with E-state index in [1.54, 1.807) is 31.4 Å². The average Bonchev–Trinajstić information content (AvgIpc) is 2.53. The maximum atomic E-state index is 11.8. The van der Waals surface area contributed by atoms with E-state index in [-0.39, 0.29) is 11.3 Å². The molecule has 0 atom stereocenters. The first-order valence-corrected chi connectivity index (χ1v) is 6.08. The minimum absolute atomic E-state index is 0.150. The highest BCUT2D eigenvalue weighted by molar-refractivity contribution is 5.98. The van der Waals surface area contributed by atoms with Gasteiger partial charge in [-0.2, -0.15) is 0 Å². The van der Waals surface area contributed by atoms with Crippen LogP contribution < -0.4 is 4.74 Å². The van der Waals surface area contributed by atoms with E-state index in [4.69, 9.17) is 9.47 Å². The molecule has 0 heterocycles. The molecule has 0 unspecified atom stereocenters. The lowest BCUT2D eigenvalue weighted by Crippen LogP contribution is -2.04. The van der Waals surface area contributed by atoms with Crippen LogP contribution in [0.4, 0.5) is 5.69 Å². The molecule has 0 radical (unpaired) electrons. The molecule has 0 aliphatic carbocycles. The van der Waals surface area contributed by atoms with Crippen LogP contribution in [0.15, 0.2) is 42.5 Å². The Labute approximate surface area is 121 Å². The van der Waals surface area contributed by atoms with Crippen LogP contribution in [0.1, 0.15) is 10.4 Å². The number of nitrogens with zero attached hydrogens (tertiary/aromatic N) is 1. The molecule has 2 aromatic rings. The number of ether oxygens (including phenoxy) is 2. The molecule has 0 N–H and O–H groups in total. The number of esters is 1. The zero-order valence-electron chi connectivity index (χ0n) is 11.5. The zero-order chi connectivity index (χ0) is 15.4. The highest BCUT2D eigenvalue weighted by atomic mass is 16.6. The standard InChI is InChI=1S/C15H13NO5/c1-20-12-6-3-10(4-7-12)13-8-5-11(16(18)19)9-14(13)15(17)21-2/h3-9H,1-2H3. The summed E-state index contributed by atoms with van der Waals surface area (Å²) in [5, 5.41) is 10.8. The van der Waals surface area contributed by atoms with E-state index < -0.39 is 10.9 Å².